The Bertz CT molecular complexity index is 1040. The van der Waals surface area contributed by atoms with Gasteiger partial charge in [-0.05, 0) is 55.2 Å². The Kier molecular flexibility index (Phi) is 6.09. The van der Waals surface area contributed by atoms with Gasteiger partial charge >= 0.3 is 6.09 Å². The van der Waals surface area contributed by atoms with Crippen molar-refractivity contribution in [2.24, 2.45) is 0 Å². The predicted molar refractivity (Wildman–Crippen MR) is 109 cm³/mol. The Morgan fingerprint density at radius 3 is 2.48 bits per heavy atom. The number of sulfonamides is 1. The lowest BCUT2D eigenvalue weighted by Gasteiger charge is -2.28. The minimum Gasteiger partial charge on any atom is -0.496 e. The predicted octanol–water partition coefficient (Wildman–Crippen LogP) is 3.28. The molecule has 0 bridgehead atoms. The first-order valence-corrected chi connectivity index (χ1v) is 10.7. The quantitative estimate of drug-likeness (QED) is 0.635. The SMILES string of the molecule is COc1ccc(Cl)cc1NS(=O)(=O)c1ccc(OC)c2c1CC[C@H](NC(=O)O)C2. The van der Waals surface area contributed by atoms with E-state index in [9.17, 15) is 13.2 Å². The Balaban J connectivity index is 2.01. The Hall–Kier alpha value is -2.65. The summed E-state index contributed by atoms with van der Waals surface area (Å²) in [7, 11) is -1.02. The van der Waals surface area contributed by atoms with Gasteiger partial charge in [0, 0.05) is 16.6 Å². The van der Waals surface area contributed by atoms with E-state index in [1.54, 1.807) is 18.2 Å². The van der Waals surface area contributed by atoms with Crippen molar-refractivity contribution in [1.82, 2.24) is 5.32 Å². The van der Waals surface area contributed by atoms with Crippen molar-refractivity contribution in [3.8, 4) is 11.5 Å². The molecule has 2 aromatic carbocycles. The van der Waals surface area contributed by atoms with Crippen LogP contribution in [0.1, 0.15) is 17.5 Å². The Morgan fingerprint density at radius 2 is 1.83 bits per heavy atom. The first-order chi connectivity index (χ1) is 13.7. The van der Waals surface area contributed by atoms with Crippen molar-refractivity contribution in [3.63, 3.8) is 0 Å². The van der Waals surface area contributed by atoms with Gasteiger partial charge in [0.1, 0.15) is 11.5 Å². The van der Waals surface area contributed by atoms with Crippen molar-refractivity contribution in [2.45, 2.75) is 30.2 Å². The minimum absolute atomic E-state index is 0.115. The zero-order valence-corrected chi connectivity index (χ0v) is 17.4. The average Bonchev–Trinajstić information content (AvgIpc) is 2.66. The summed E-state index contributed by atoms with van der Waals surface area (Å²) in [5.74, 6) is 0.863. The zero-order chi connectivity index (χ0) is 21.2. The van der Waals surface area contributed by atoms with Gasteiger partial charge in [0.05, 0.1) is 24.8 Å². The summed E-state index contributed by atoms with van der Waals surface area (Å²) in [4.78, 5) is 11.1. The summed E-state index contributed by atoms with van der Waals surface area (Å²) in [6, 6.07) is 7.40. The molecule has 8 nitrogen and oxygen atoms in total. The summed E-state index contributed by atoms with van der Waals surface area (Å²) in [5, 5.41) is 11.8. The van der Waals surface area contributed by atoms with Crippen molar-refractivity contribution in [3.05, 3.63) is 46.5 Å². The van der Waals surface area contributed by atoms with Gasteiger partial charge < -0.3 is 19.9 Å². The molecule has 156 valence electrons. The largest absolute Gasteiger partial charge is 0.496 e. The standard InChI is InChI=1S/C19H21ClN2O6S/c1-27-16-7-8-18(13-5-4-12(10-14(13)16)21-19(23)24)29(25,26)22-15-9-11(20)3-6-17(15)28-2/h3,6-9,12,21-22H,4-5,10H2,1-2H3,(H,23,24)/t12-/m0/s1. The second-order valence-electron chi connectivity index (χ2n) is 6.56. The number of nitrogens with one attached hydrogen (secondary N) is 2. The van der Waals surface area contributed by atoms with Crippen LogP contribution in [-0.4, -0.2) is 39.9 Å². The second kappa shape index (κ2) is 8.38. The van der Waals surface area contributed by atoms with E-state index in [2.05, 4.69) is 10.0 Å². The van der Waals surface area contributed by atoms with E-state index in [0.29, 0.717) is 46.9 Å². The normalized spacial score (nSPS) is 15.9. The Morgan fingerprint density at radius 1 is 1.14 bits per heavy atom. The maximum Gasteiger partial charge on any atom is 0.404 e. The van der Waals surface area contributed by atoms with Gasteiger partial charge in [0.2, 0.25) is 0 Å². The minimum atomic E-state index is -3.95. The zero-order valence-electron chi connectivity index (χ0n) is 15.9. The highest BCUT2D eigenvalue weighted by molar-refractivity contribution is 7.92. The fourth-order valence-electron chi connectivity index (χ4n) is 3.52. The van der Waals surface area contributed by atoms with Crippen LogP contribution in [0, 0.1) is 0 Å². The van der Waals surface area contributed by atoms with Crippen LogP contribution >= 0.6 is 11.6 Å². The van der Waals surface area contributed by atoms with Crippen LogP contribution in [0.4, 0.5) is 10.5 Å². The molecule has 0 saturated heterocycles. The fraction of sp³-hybridized carbons (Fsp3) is 0.316. The van der Waals surface area contributed by atoms with E-state index in [4.69, 9.17) is 26.2 Å². The van der Waals surface area contributed by atoms with E-state index < -0.39 is 16.1 Å². The highest BCUT2D eigenvalue weighted by Crippen LogP contribution is 2.36. The van der Waals surface area contributed by atoms with Crippen LogP contribution in [0.2, 0.25) is 5.02 Å². The number of hydrogen-bond acceptors (Lipinski definition) is 5. The maximum absolute atomic E-state index is 13.2. The topological polar surface area (TPSA) is 114 Å². The molecule has 3 N–H and O–H groups in total. The highest BCUT2D eigenvalue weighted by atomic mass is 35.5. The van der Waals surface area contributed by atoms with Crippen LogP contribution in [0.3, 0.4) is 0 Å². The molecule has 0 fully saturated rings. The second-order valence-corrected chi connectivity index (χ2v) is 8.65. The smallest absolute Gasteiger partial charge is 0.404 e. The first kappa shape index (κ1) is 21.1. The third kappa shape index (κ3) is 4.51. The number of carbonyl (C=O) groups is 1. The summed E-state index contributed by atoms with van der Waals surface area (Å²) in [6.07, 6.45) is 0.0979. The number of halogens is 1. The van der Waals surface area contributed by atoms with Gasteiger partial charge in [0.25, 0.3) is 10.0 Å². The molecule has 0 aromatic heterocycles. The van der Waals surface area contributed by atoms with E-state index >= 15 is 0 Å². The van der Waals surface area contributed by atoms with Gasteiger partial charge in [-0.1, -0.05) is 11.6 Å². The van der Waals surface area contributed by atoms with Gasteiger partial charge in [-0.15, -0.1) is 0 Å². The molecule has 1 atom stereocenters. The highest BCUT2D eigenvalue weighted by Gasteiger charge is 2.29. The number of methoxy groups -OCH3 is 2. The molecule has 3 rings (SSSR count). The number of ether oxygens (including phenoxy) is 2. The molecule has 0 radical (unpaired) electrons. The lowest BCUT2D eigenvalue weighted by atomic mass is 9.87. The lowest BCUT2D eigenvalue weighted by Crippen LogP contribution is -2.38. The van der Waals surface area contributed by atoms with Gasteiger partial charge in [0.15, 0.2) is 0 Å². The fourth-order valence-corrected chi connectivity index (χ4v) is 5.04. The van der Waals surface area contributed by atoms with E-state index in [1.807, 2.05) is 0 Å². The summed E-state index contributed by atoms with van der Waals surface area (Å²) < 4.78 is 39.4. The van der Waals surface area contributed by atoms with Crippen molar-refractivity contribution < 1.29 is 27.8 Å². The molecule has 0 unspecified atom stereocenters. The van der Waals surface area contributed by atoms with Crippen LogP contribution in [0.15, 0.2) is 35.2 Å². The number of rotatable bonds is 6. The van der Waals surface area contributed by atoms with Crippen LogP contribution in [0.5, 0.6) is 11.5 Å². The summed E-state index contributed by atoms with van der Waals surface area (Å²) in [6.45, 7) is 0. The van der Waals surface area contributed by atoms with Crippen LogP contribution in [-0.2, 0) is 22.9 Å². The molecule has 0 heterocycles. The van der Waals surface area contributed by atoms with Crippen molar-refractivity contribution in [2.75, 3.05) is 18.9 Å². The first-order valence-electron chi connectivity index (χ1n) is 8.79. The van der Waals surface area contributed by atoms with Crippen molar-refractivity contribution in [1.29, 1.82) is 0 Å². The number of carboxylic acid groups (broad SMARTS) is 1. The van der Waals surface area contributed by atoms with E-state index in [-0.39, 0.29) is 16.6 Å². The van der Waals surface area contributed by atoms with Crippen LogP contribution < -0.4 is 19.5 Å². The summed E-state index contributed by atoms with van der Waals surface area (Å²) in [5.41, 5.74) is 1.52. The van der Waals surface area contributed by atoms with Crippen molar-refractivity contribution >= 4 is 33.4 Å². The molecule has 0 aliphatic heterocycles. The molecule has 0 spiro atoms. The van der Waals surface area contributed by atoms with E-state index in [0.717, 1.165) is 0 Å². The van der Waals surface area contributed by atoms with E-state index in [1.165, 1.54) is 26.4 Å². The third-order valence-electron chi connectivity index (χ3n) is 4.78. The Labute approximate surface area is 173 Å². The van der Waals surface area contributed by atoms with Gasteiger partial charge in [-0.3, -0.25) is 4.72 Å². The monoisotopic (exact) mass is 440 g/mol. The third-order valence-corrected chi connectivity index (χ3v) is 6.47. The molecule has 1 amide bonds. The van der Waals surface area contributed by atoms with Crippen LogP contribution in [0.25, 0.3) is 0 Å². The number of hydrogen-bond donors (Lipinski definition) is 3. The molecule has 1 aliphatic carbocycles. The summed E-state index contributed by atoms with van der Waals surface area (Å²) >= 11 is 6.00. The van der Waals surface area contributed by atoms with Gasteiger partial charge in [-0.25, -0.2) is 13.2 Å². The number of amides is 1. The number of benzene rings is 2. The molecular weight excluding hydrogens is 420 g/mol. The molecule has 0 saturated carbocycles. The number of anilines is 1. The molecular formula is C19H21ClN2O6S. The molecule has 10 heteroatoms. The lowest BCUT2D eigenvalue weighted by molar-refractivity contribution is 0.188. The molecule has 29 heavy (non-hydrogen) atoms. The molecule has 2 aromatic rings. The van der Waals surface area contributed by atoms with Gasteiger partial charge in [-0.2, -0.15) is 0 Å². The number of fused-ring (bicyclic) bond motifs is 1. The molecule has 1 aliphatic rings. The average molecular weight is 441 g/mol. The maximum atomic E-state index is 13.2.